The van der Waals surface area contributed by atoms with Crippen molar-refractivity contribution in [3.8, 4) is 0 Å². The minimum atomic E-state index is -3.44. The average Bonchev–Trinajstić information content (AvgIpc) is 3.01. The van der Waals surface area contributed by atoms with Gasteiger partial charge in [-0.2, -0.15) is 0 Å². The van der Waals surface area contributed by atoms with Crippen LogP contribution >= 0.6 is 11.3 Å². The van der Waals surface area contributed by atoms with Gasteiger partial charge >= 0.3 is 6.03 Å². The molecule has 0 unspecified atom stereocenters. The van der Waals surface area contributed by atoms with Gasteiger partial charge in [-0.25, -0.2) is 22.9 Å². The predicted molar refractivity (Wildman–Crippen MR) is 113 cm³/mol. The molecule has 0 aliphatic heterocycles. The number of thiazole rings is 1. The van der Waals surface area contributed by atoms with Crippen molar-refractivity contribution in [2.24, 2.45) is 0 Å². The molecule has 3 aromatic rings. The first-order chi connectivity index (χ1) is 13.3. The molecule has 1 heterocycles. The van der Waals surface area contributed by atoms with E-state index in [4.69, 9.17) is 0 Å². The van der Waals surface area contributed by atoms with Gasteiger partial charge in [0.05, 0.1) is 16.0 Å². The molecule has 0 atom stereocenters. The van der Waals surface area contributed by atoms with E-state index in [0.717, 1.165) is 15.8 Å². The molecule has 28 heavy (non-hydrogen) atoms. The Hall–Kier alpha value is -2.49. The molecule has 0 bridgehead atoms. The van der Waals surface area contributed by atoms with Crippen molar-refractivity contribution in [1.82, 2.24) is 15.0 Å². The zero-order chi connectivity index (χ0) is 20.1. The number of rotatable bonds is 7. The van der Waals surface area contributed by atoms with Crippen LogP contribution in [0.15, 0.2) is 48.5 Å². The molecule has 7 nitrogen and oxygen atoms in total. The van der Waals surface area contributed by atoms with E-state index in [9.17, 15) is 13.2 Å². The molecular weight excluding hydrogens is 396 g/mol. The van der Waals surface area contributed by atoms with Gasteiger partial charge in [-0.1, -0.05) is 47.7 Å². The topological polar surface area (TPSA) is 100 Å². The number of hydrogen-bond acceptors (Lipinski definition) is 5. The van der Waals surface area contributed by atoms with E-state index < -0.39 is 16.1 Å². The normalized spacial score (nSPS) is 11.7. The van der Waals surface area contributed by atoms with Crippen molar-refractivity contribution in [3.63, 3.8) is 0 Å². The van der Waals surface area contributed by atoms with Crippen LogP contribution in [-0.2, 0) is 22.3 Å². The lowest BCUT2D eigenvalue weighted by atomic mass is 10.1. The lowest BCUT2D eigenvalue weighted by Crippen LogP contribution is -2.32. The van der Waals surface area contributed by atoms with E-state index in [0.29, 0.717) is 10.7 Å². The first-order valence-corrected chi connectivity index (χ1v) is 11.3. The van der Waals surface area contributed by atoms with Gasteiger partial charge in [0.2, 0.25) is 10.0 Å². The van der Waals surface area contributed by atoms with E-state index in [1.165, 1.54) is 11.3 Å². The van der Waals surface area contributed by atoms with Gasteiger partial charge < -0.3 is 5.32 Å². The Balaban J connectivity index is 1.63. The Kier molecular flexibility index (Phi) is 6.28. The Morgan fingerprint density at radius 3 is 2.46 bits per heavy atom. The van der Waals surface area contributed by atoms with Crippen molar-refractivity contribution >= 4 is 42.7 Å². The maximum atomic E-state index is 12.2. The van der Waals surface area contributed by atoms with Gasteiger partial charge in [-0.3, -0.25) is 5.32 Å². The molecular formula is C19H22N4O3S2. The predicted octanol–water partition coefficient (Wildman–Crippen LogP) is 3.45. The van der Waals surface area contributed by atoms with Crippen LogP contribution < -0.4 is 15.4 Å². The maximum absolute atomic E-state index is 12.2. The smallest absolute Gasteiger partial charge is 0.321 e. The summed E-state index contributed by atoms with van der Waals surface area (Å²) in [5.41, 5.74) is 2.23. The number of benzene rings is 2. The van der Waals surface area contributed by atoms with E-state index in [2.05, 4.69) is 20.3 Å². The fraction of sp³-hybridized carbons (Fsp3) is 0.263. The van der Waals surface area contributed by atoms with Crippen LogP contribution in [0.1, 0.15) is 25.0 Å². The molecule has 0 aliphatic carbocycles. The molecule has 2 amide bonds. The molecule has 3 N–H and O–H groups in total. The molecule has 2 aromatic carbocycles. The number of amides is 2. The van der Waals surface area contributed by atoms with Gasteiger partial charge in [0.15, 0.2) is 5.13 Å². The van der Waals surface area contributed by atoms with Crippen LogP contribution in [-0.4, -0.2) is 25.5 Å². The van der Waals surface area contributed by atoms with Gasteiger partial charge in [-0.05, 0) is 37.1 Å². The highest BCUT2D eigenvalue weighted by atomic mass is 32.2. The van der Waals surface area contributed by atoms with Crippen LogP contribution in [0.4, 0.5) is 9.93 Å². The van der Waals surface area contributed by atoms with Gasteiger partial charge in [-0.15, -0.1) is 0 Å². The third-order valence-electron chi connectivity index (χ3n) is 3.83. The summed E-state index contributed by atoms with van der Waals surface area (Å²) >= 11 is 1.39. The SMILES string of the molecule is CC(C)NS(=O)(=O)Cc1ccccc1CNC(=O)Nc1nc2ccccc2s1. The van der Waals surface area contributed by atoms with Gasteiger partial charge in [0, 0.05) is 12.6 Å². The molecule has 0 aliphatic rings. The first-order valence-electron chi connectivity index (χ1n) is 8.79. The third kappa shape index (κ3) is 5.51. The highest BCUT2D eigenvalue weighted by molar-refractivity contribution is 7.88. The highest BCUT2D eigenvalue weighted by Gasteiger charge is 2.16. The largest absolute Gasteiger partial charge is 0.334 e. The number of anilines is 1. The van der Waals surface area contributed by atoms with Crippen molar-refractivity contribution in [2.75, 3.05) is 5.32 Å². The van der Waals surface area contributed by atoms with E-state index >= 15 is 0 Å². The third-order valence-corrected chi connectivity index (χ3v) is 6.31. The minimum Gasteiger partial charge on any atom is -0.334 e. The summed E-state index contributed by atoms with van der Waals surface area (Å²) in [5, 5.41) is 5.99. The molecule has 148 valence electrons. The van der Waals surface area contributed by atoms with Crippen LogP contribution in [0, 0.1) is 0 Å². The van der Waals surface area contributed by atoms with Crippen molar-refractivity contribution in [1.29, 1.82) is 0 Å². The number of hydrogen-bond donors (Lipinski definition) is 3. The fourth-order valence-corrected chi connectivity index (χ4v) is 5.07. The van der Waals surface area contributed by atoms with Crippen molar-refractivity contribution in [2.45, 2.75) is 32.2 Å². The van der Waals surface area contributed by atoms with Crippen LogP contribution in [0.2, 0.25) is 0 Å². The zero-order valence-electron chi connectivity index (χ0n) is 15.6. The molecule has 0 radical (unpaired) electrons. The lowest BCUT2D eigenvalue weighted by molar-refractivity contribution is 0.251. The zero-order valence-corrected chi connectivity index (χ0v) is 17.2. The Bertz CT molecular complexity index is 1040. The Morgan fingerprint density at radius 2 is 1.75 bits per heavy atom. The number of urea groups is 1. The summed E-state index contributed by atoms with van der Waals surface area (Å²) in [6.07, 6.45) is 0. The molecule has 0 fully saturated rings. The standard InChI is InChI=1S/C19H22N4O3S2/c1-13(2)23-28(25,26)12-15-8-4-3-7-14(15)11-20-18(24)22-19-21-16-9-5-6-10-17(16)27-19/h3-10,13,23H,11-12H2,1-2H3,(H2,20,21,22,24). The number of para-hydroxylation sites is 1. The second kappa shape index (κ2) is 8.68. The minimum absolute atomic E-state index is 0.136. The first kappa shape index (κ1) is 20.2. The summed E-state index contributed by atoms with van der Waals surface area (Å²) in [6, 6.07) is 14.2. The summed E-state index contributed by atoms with van der Waals surface area (Å²) in [6.45, 7) is 3.76. The summed E-state index contributed by atoms with van der Waals surface area (Å²) in [7, 11) is -3.44. The van der Waals surface area contributed by atoms with Gasteiger partial charge in [0.1, 0.15) is 0 Å². The van der Waals surface area contributed by atoms with Crippen molar-refractivity contribution in [3.05, 3.63) is 59.7 Å². The van der Waals surface area contributed by atoms with Crippen LogP contribution in [0.25, 0.3) is 10.2 Å². The summed E-state index contributed by atoms with van der Waals surface area (Å²) < 4.78 is 28.0. The number of nitrogens with zero attached hydrogens (tertiary/aromatic N) is 1. The maximum Gasteiger partial charge on any atom is 0.321 e. The Morgan fingerprint density at radius 1 is 1.07 bits per heavy atom. The Labute approximate surface area is 168 Å². The number of carbonyl (C=O) groups excluding carboxylic acids is 1. The molecule has 0 saturated heterocycles. The van der Waals surface area contributed by atoms with E-state index in [1.54, 1.807) is 32.0 Å². The number of nitrogens with one attached hydrogen (secondary N) is 3. The molecule has 3 rings (SSSR count). The quantitative estimate of drug-likeness (QED) is 0.547. The monoisotopic (exact) mass is 418 g/mol. The number of fused-ring (bicyclic) bond motifs is 1. The van der Waals surface area contributed by atoms with E-state index in [1.807, 2.05) is 30.3 Å². The molecule has 0 spiro atoms. The number of carbonyl (C=O) groups is 1. The van der Waals surface area contributed by atoms with Crippen molar-refractivity contribution < 1.29 is 13.2 Å². The molecule has 9 heteroatoms. The lowest BCUT2D eigenvalue weighted by Gasteiger charge is -2.13. The number of aromatic nitrogens is 1. The fourth-order valence-electron chi connectivity index (χ4n) is 2.72. The molecule has 0 saturated carbocycles. The number of sulfonamides is 1. The molecule has 1 aromatic heterocycles. The van der Waals surface area contributed by atoms with Gasteiger partial charge in [0.25, 0.3) is 0 Å². The second-order valence-electron chi connectivity index (χ2n) is 6.59. The highest BCUT2D eigenvalue weighted by Crippen LogP contribution is 2.25. The summed E-state index contributed by atoms with van der Waals surface area (Å²) in [5.74, 6) is -0.136. The summed E-state index contributed by atoms with van der Waals surface area (Å²) in [4.78, 5) is 16.6. The van der Waals surface area contributed by atoms with Crippen LogP contribution in [0.5, 0.6) is 0 Å². The van der Waals surface area contributed by atoms with Crippen LogP contribution in [0.3, 0.4) is 0 Å². The van der Waals surface area contributed by atoms with E-state index in [-0.39, 0.29) is 18.3 Å². The average molecular weight is 419 g/mol. The second-order valence-corrected chi connectivity index (χ2v) is 9.38.